The minimum absolute atomic E-state index is 0. The summed E-state index contributed by atoms with van der Waals surface area (Å²) in [4.78, 5) is 12.8. The summed E-state index contributed by atoms with van der Waals surface area (Å²) in [5.41, 5.74) is 5.78. The zero-order valence-electron chi connectivity index (χ0n) is 14.4. The molecule has 9 heteroatoms. The number of hydrogen-bond donors (Lipinski definition) is 3. The van der Waals surface area contributed by atoms with Gasteiger partial charge >= 0.3 is 0 Å². The van der Waals surface area contributed by atoms with Crippen LogP contribution < -0.4 is 15.8 Å². The number of hydrogen-bond acceptors (Lipinski definition) is 4. The molecule has 0 spiro atoms. The lowest BCUT2D eigenvalue weighted by Gasteiger charge is -2.16. The van der Waals surface area contributed by atoms with Gasteiger partial charge in [-0.25, -0.2) is 17.5 Å². The van der Waals surface area contributed by atoms with Crippen LogP contribution in [0, 0.1) is 5.82 Å². The lowest BCUT2D eigenvalue weighted by Crippen LogP contribution is -2.30. The first-order chi connectivity index (χ1) is 12.4. The van der Waals surface area contributed by atoms with Crippen LogP contribution in [0.3, 0.4) is 0 Å². The van der Waals surface area contributed by atoms with E-state index in [0.717, 1.165) is 5.56 Å². The van der Waals surface area contributed by atoms with Crippen LogP contribution in [0.25, 0.3) is 0 Å². The molecule has 27 heavy (non-hydrogen) atoms. The summed E-state index contributed by atoms with van der Waals surface area (Å²) >= 11 is 0. The van der Waals surface area contributed by atoms with Crippen molar-refractivity contribution in [1.82, 2.24) is 4.72 Å². The summed E-state index contributed by atoms with van der Waals surface area (Å²) in [6, 6.07) is 11.9. The van der Waals surface area contributed by atoms with E-state index in [1.54, 1.807) is 24.3 Å². The van der Waals surface area contributed by atoms with Gasteiger partial charge in [0.05, 0.1) is 10.3 Å². The summed E-state index contributed by atoms with van der Waals surface area (Å²) in [5, 5.41) is 2.78. The van der Waals surface area contributed by atoms with Gasteiger partial charge in [-0.05, 0) is 48.7 Å². The van der Waals surface area contributed by atoms with Crippen molar-refractivity contribution < 1.29 is 17.6 Å². The quantitative estimate of drug-likeness (QED) is 0.647. The molecule has 0 unspecified atom stereocenters. The summed E-state index contributed by atoms with van der Waals surface area (Å²) in [6.07, 6.45) is 1.33. The number of rotatable bonds is 7. The van der Waals surface area contributed by atoms with Gasteiger partial charge in [-0.3, -0.25) is 4.79 Å². The molecule has 1 aliphatic rings. The molecule has 0 aromatic heterocycles. The van der Waals surface area contributed by atoms with Crippen molar-refractivity contribution in [3.63, 3.8) is 0 Å². The highest BCUT2D eigenvalue weighted by atomic mass is 35.5. The predicted octanol–water partition coefficient (Wildman–Crippen LogP) is 2.15. The Morgan fingerprint density at radius 2 is 1.81 bits per heavy atom. The van der Waals surface area contributed by atoms with E-state index in [0.29, 0.717) is 18.5 Å². The summed E-state index contributed by atoms with van der Waals surface area (Å²) < 4.78 is 39.8. The van der Waals surface area contributed by atoms with E-state index >= 15 is 0 Å². The van der Waals surface area contributed by atoms with Gasteiger partial charge in [0.1, 0.15) is 5.82 Å². The minimum Gasteiger partial charge on any atom is -0.329 e. The largest absolute Gasteiger partial charge is 0.329 e. The van der Waals surface area contributed by atoms with Gasteiger partial charge in [0.25, 0.3) is 0 Å². The van der Waals surface area contributed by atoms with Crippen LogP contribution in [0.5, 0.6) is 0 Å². The summed E-state index contributed by atoms with van der Waals surface area (Å²) in [7, 11) is -3.68. The number of carbonyl (C=O) groups is 1. The van der Waals surface area contributed by atoms with E-state index in [1.165, 1.54) is 24.3 Å². The first kappa shape index (κ1) is 21.3. The monoisotopic (exact) mass is 413 g/mol. The number of nitrogens with one attached hydrogen (secondary N) is 2. The fraction of sp³-hybridized carbons (Fsp3) is 0.278. The lowest BCUT2D eigenvalue weighted by atomic mass is 9.95. The summed E-state index contributed by atoms with van der Waals surface area (Å²) in [6.45, 7) is 0.322. The Morgan fingerprint density at radius 1 is 1.15 bits per heavy atom. The lowest BCUT2D eigenvalue weighted by molar-refractivity contribution is -0.118. The van der Waals surface area contributed by atoms with Crippen molar-refractivity contribution >= 4 is 34.0 Å². The van der Waals surface area contributed by atoms with Crippen LogP contribution in [-0.4, -0.2) is 27.4 Å². The van der Waals surface area contributed by atoms with Crippen molar-refractivity contribution in [3.8, 4) is 0 Å². The zero-order valence-corrected chi connectivity index (χ0v) is 16.1. The predicted molar refractivity (Wildman–Crippen MR) is 104 cm³/mol. The van der Waals surface area contributed by atoms with Crippen molar-refractivity contribution in [2.75, 3.05) is 18.4 Å². The van der Waals surface area contributed by atoms with Gasteiger partial charge in [0.2, 0.25) is 15.9 Å². The van der Waals surface area contributed by atoms with Crippen LogP contribution in [0.1, 0.15) is 18.4 Å². The molecule has 1 fully saturated rings. The third kappa shape index (κ3) is 4.65. The molecule has 1 amide bonds. The van der Waals surface area contributed by atoms with Crippen LogP contribution in [0.2, 0.25) is 0 Å². The van der Waals surface area contributed by atoms with Gasteiger partial charge in [-0.2, -0.15) is 0 Å². The van der Waals surface area contributed by atoms with Gasteiger partial charge in [0.15, 0.2) is 0 Å². The molecule has 0 heterocycles. The van der Waals surface area contributed by atoms with Crippen LogP contribution in [-0.2, 0) is 20.2 Å². The van der Waals surface area contributed by atoms with E-state index in [-0.39, 0.29) is 42.1 Å². The molecule has 1 saturated carbocycles. The van der Waals surface area contributed by atoms with E-state index < -0.39 is 15.4 Å². The average molecular weight is 414 g/mol. The van der Waals surface area contributed by atoms with E-state index in [9.17, 15) is 17.6 Å². The molecule has 3 rings (SSSR count). The molecule has 0 aliphatic heterocycles. The first-order valence-electron chi connectivity index (χ1n) is 8.25. The van der Waals surface area contributed by atoms with Crippen molar-refractivity contribution in [1.29, 1.82) is 0 Å². The third-order valence-corrected chi connectivity index (χ3v) is 5.88. The maximum atomic E-state index is 13.1. The van der Waals surface area contributed by atoms with E-state index in [4.69, 9.17) is 5.73 Å². The Bertz CT molecular complexity index is 916. The molecule has 2 aromatic rings. The van der Waals surface area contributed by atoms with Crippen molar-refractivity contribution in [2.45, 2.75) is 23.2 Å². The fourth-order valence-corrected chi connectivity index (χ4v) is 3.90. The topological polar surface area (TPSA) is 101 Å². The Labute approximate surface area is 163 Å². The second kappa shape index (κ2) is 8.35. The molecular formula is C18H21ClFN3O3S. The number of anilines is 1. The normalized spacial score (nSPS) is 14.9. The maximum Gasteiger partial charge on any atom is 0.240 e. The second-order valence-corrected chi connectivity index (χ2v) is 8.02. The van der Waals surface area contributed by atoms with Crippen LogP contribution in [0.15, 0.2) is 53.4 Å². The SMILES string of the molecule is Cl.NCCNS(=O)(=O)c1cccc(NC(=O)C2(c3ccc(F)cc3)CC2)c1. The molecule has 2 aromatic carbocycles. The van der Waals surface area contributed by atoms with Crippen molar-refractivity contribution in [2.24, 2.45) is 5.73 Å². The van der Waals surface area contributed by atoms with E-state index in [1.807, 2.05) is 0 Å². The van der Waals surface area contributed by atoms with Gasteiger partial charge < -0.3 is 11.1 Å². The number of nitrogens with two attached hydrogens (primary N) is 1. The standard InChI is InChI=1S/C18H20FN3O3S.ClH/c19-14-6-4-13(5-7-14)18(8-9-18)17(23)22-15-2-1-3-16(12-15)26(24,25)21-11-10-20;/h1-7,12,21H,8-11,20H2,(H,22,23);1H. The maximum absolute atomic E-state index is 13.1. The van der Waals surface area contributed by atoms with Crippen LogP contribution >= 0.6 is 12.4 Å². The zero-order chi connectivity index (χ0) is 18.8. The molecule has 146 valence electrons. The number of carbonyl (C=O) groups excluding carboxylic acids is 1. The highest BCUT2D eigenvalue weighted by Gasteiger charge is 2.51. The third-order valence-electron chi connectivity index (χ3n) is 4.42. The molecular weight excluding hydrogens is 393 g/mol. The first-order valence-corrected chi connectivity index (χ1v) is 9.73. The minimum atomic E-state index is -3.68. The Morgan fingerprint density at radius 3 is 2.41 bits per heavy atom. The number of amides is 1. The average Bonchev–Trinajstić information content (AvgIpc) is 3.43. The Balaban J connectivity index is 0.00000261. The van der Waals surface area contributed by atoms with Gasteiger partial charge in [-0.15, -0.1) is 12.4 Å². The van der Waals surface area contributed by atoms with Gasteiger partial charge in [0, 0.05) is 18.8 Å². The Kier molecular flexibility index (Phi) is 6.59. The number of halogens is 2. The molecule has 0 saturated heterocycles. The Hall–Kier alpha value is -2.00. The highest BCUT2D eigenvalue weighted by molar-refractivity contribution is 7.89. The van der Waals surface area contributed by atoms with E-state index in [2.05, 4.69) is 10.0 Å². The molecule has 4 N–H and O–H groups in total. The summed E-state index contributed by atoms with van der Waals surface area (Å²) in [5.74, 6) is -0.582. The number of sulfonamides is 1. The molecule has 0 radical (unpaired) electrons. The molecule has 0 atom stereocenters. The molecule has 6 nitrogen and oxygen atoms in total. The smallest absolute Gasteiger partial charge is 0.240 e. The molecule has 1 aliphatic carbocycles. The second-order valence-electron chi connectivity index (χ2n) is 6.26. The fourth-order valence-electron chi connectivity index (χ4n) is 2.81. The highest BCUT2D eigenvalue weighted by Crippen LogP contribution is 2.49. The van der Waals surface area contributed by atoms with Crippen LogP contribution in [0.4, 0.5) is 10.1 Å². The molecule has 0 bridgehead atoms. The number of benzene rings is 2. The van der Waals surface area contributed by atoms with Gasteiger partial charge in [-0.1, -0.05) is 18.2 Å². The van der Waals surface area contributed by atoms with Crippen molar-refractivity contribution in [3.05, 3.63) is 59.9 Å².